The zero-order valence-corrected chi connectivity index (χ0v) is 4.45. The van der Waals surface area contributed by atoms with Crippen molar-refractivity contribution in [1.82, 2.24) is 0 Å². The van der Waals surface area contributed by atoms with Crippen LogP contribution in [0.4, 0.5) is 0 Å². The van der Waals surface area contributed by atoms with Crippen LogP contribution in [0.3, 0.4) is 0 Å². The van der Waals surface area contributed by atoms with E-state index in [1.807, 2.05) is 0 Å². The number of sulfone groups is 1. The molecule has 0 unspecified atom stereocenters. The van der Waals surface area contributed by atoms with Gasteiger partial charge in [-0.3, -0.25) is 0 Å². The average molecular weight is 119 g/mol. The molecule has 0 aromatic carbocycles. The highest BCUT2D eigenvalue weighted by molar-refractivity contribution is 7.95. The highest BCUT2D eigenvalue weighted by Gasteiger charge is 1.89. The topological polar surface area (TPSA) is 54.0 Å². The maximum Gasteiger partial charge on any atom is 0.217 e. The summed E-state index contributed by atoms with van der Waals surface area (Å²) in [5.41, 5.74) is 0. The number of hydrogen-bond donors (Lipinski definition) is 0. The van der Waals surface area contributed by atoms with Crippen molar-refractivity contribution < 1.29 is 13.5 Å². The lowest BCUT2D eigenvalue weighted by Crippen LogP contribution is -1.87. The molecule has 0 aliphatic heterocycles. The summed E-state index contributed by atoms with van der Waals surface area (Å²) < 4.78 is 19.7. The predicted molar refractivity (Wildman–Crippen MR) is 23.3 cm³/mol. The molecule has 0 atom stereocenters. The Labute approximate surface area is 41.9 Å². The summed E-state index contributed by atoms with van der Waals surface area (Å²) in [4.78, 5) is 0. The monoisotopic (exact) mass is 119 g/mol. The SMILES string of the molecule is CS(=O)(=O)C#C[O]. The van der Waals surface area contributed by atoms with Crippen molar-refractivity contribution in [3.05, 3.63) is 0 Å². The van der Waals surface area contributed by atoms with E-state index in [0.717, 1.165) is 12.4 Å². The van der Waals surface area contributed by atoms with Crippen molar-refractivity contribution >= 4 is 9.84 Å². The molecular weight excluding hydrogens is 116 g/mol. The normalized spacial score (nSPS) is 9.29. The van der Waals surface area contributed by atoms with Crippen LogP contribution in [0.2, 0.25) is 0 Å². The summed E-state index contributed by atoms with van der Waals surface area (Å²) in [6, 6.07) is 0. The van der Waals surface area contributed by atoms with Crippen LogP contribution >= 0.6 is 0 Å². The van der Waals surface area contributed by atoms with Crippen molar-refractivity contribution in [3.63, 3.8) is 0 Å². The van der Waals surface area contributed by atoms with Gasteiger partial charge in [-0.2, -0.15) is 0 Å². The first kappa shape index (κ1) is 6.31. The van der Waals surface area contributed by atoms with Crippen LogP contribution in [0.5, 0.6) is 0 Å². The van der Waals surface area contributed by atoms with E-state index < -0.39 is 9.84 Å². The summed E-state index contributed by atoms with van der Waals surface area (Å²) in [6.45, 7) is 0. The van der Waals surface area contributed by atoms with Gasteiger partial charge in [-0.05, 0) is 0 Å². The molecule has 4 heteroatoms. The van der Waals surface area contributed by atoms with Gasteiger partial charge in [-0.25, -0.2) is 13.5 Å². The molecule has 0 saturated heterocycles. The second kappa shape index (κ2) is 1.85. The van der Waals surface area contributed by atoms with Crippen LogP contribution in [-0.2, 0) is 14.9 Å². The molecule has 0 amide bonds. The Kier molecular flexibility index (Phi) is 1.66. The average Bonchev–Trinajstić information content (AvgIpc) is 1.30. The Morgan fingerprint density at radius 3 is 1.86 bits per heavy atom. The van der Waals surface area contributed by atoms with Crippen molar-refractivity contribution in [2.24, 2.45) is 0 Å². The fourth-order valence-electron chi connectivity index (χ4n) is 0.0757. The Morgan fingerprint density at radius 1 is 1.43 bits per heavy atom. The molecule has 0 aromatic rings. The Balaban J connectivity index is 4.34. The second-order valence-electron chi connectivity index (χ2n) is 0.976. The minimum Gasteiger partial charge on any atom is -0.223 e. The van der Waals surface area contributed by atoms with Gasteiger partial charge in [0.15, 0.2) is 6.11 Å². The fraction of sp³-hybridized carbons (Fsp3) is 0.333. The van der Waals surface area contributed by atoms with Crippen LogP contribution in [-0.4, -0.2) is 14.7 Å². The van der Waals surface area contributed by atoms with Crippen LogP contribution in [0.25, 0.3) is 0 Å². The minimum absolute atomic E-state index is 0.873. The molecule has 0 saturated carbocycles. The van der Waals surface area contributed by atoms with Gasteiger partial charge in [0.05, 0.1) is 11.5 Å². The van der Waals surface area contributed by atoms with Gasteiger partial charge in [0.1, 0.15) is 0 Å². The molecule has 0 aliphatic carbocycles. The van der Waals surface area contributed by atoms with Gasteiger partial charge in [0.25, 0.3) is 0 Å². The number of rotatable bonds is 0. The third-order valence-corrected chi connectivity index (χ3v) is 0.681. The first-order valence-electron chi connectivity index (χ1n) is 1.40. The molecule has 0 fully saturated rings. The van der Waals surface area contributed by atoms with Crippen molar-refractivity contribution in [2.75, 3.05) is 6.26 Å². The van der Waals surface area contributed by atoms with Crippen LogP contribution in [0.1, 0.15) is 0 Å². The molecule has 0 aliphatic rings. The molecule has 0 rings (SSSR count). The minimum atomic E-state index is -3.35. The fourth-order valence-corrected chi connectivity index (χ4v) is 0.227. The lowest BCUT2D eigenvalue weighted by Gasteiger charge is -1.70. The van der Waals surface area contributed by atoms with Gasteiger partial charge in [-0.1, -0.05) is 0 Å². The maximum atomic E-state index is 9.86. The highest BCUT2D eigenvalue weighted by Crippen LogP contribution is 1.71. The first-order chi connectivity index (χ1) is 3.06. The predicted octanol–water partition coefficient (Wildman–Crippen LogP) is -0.620. The molecule has 0 aromatic heterocycles. The quantitative estimate of drug-likeness (QED) is 0.399. The van der Waals surface area contributed by atoms with Gasteiger partial charge >= 0.3 is 0 Å². The molecule has 0 bridgehead atoms. The third-order valence-electron chi connectivity index (χ3n) is 0.227. The second-order valence-corrected chi connectivity index (χ2v) is 2.72. The Morgan fingerprint density at radius 2 is 1.86 bits per heavy atom. The first-order valence-corrected chi connectivity index (χ1v) is 3.29. The van der Waals surface area contributed by atoms with E-state index in [2.05, 4.69) is 0 Å². The molecule has 0 N–H and O–H groups in total. The van der Waals surface area contributed by atoms with E-state index >= 15 is 0 Å². The van der Waals surface area contributed by atoms with E-state index in [9.17, 15) is 13.5 Å². The maximum absolute atomic E-state index is 9.86. The summed E-state index contributed by atoms with van der Waals surface area (Å²) in [6.07, 6.45) is 1.89. The lowest BCUT2D eigenvalue weighted by molar-refractivity contribution is 0.392. The molecule has 1 radical (unpaired) electrons. The van der Waals surface area contributed by atoms with E-state index in [1.54, 1.807) is 0 Å². The largest absolute Gasteiger partial charge is 0.223 e. The molecule has 0 heterocycles. The van der Waals surface area contributed by atoms with Crippen LogP contribution < -0.4 is 0 Å². The zero-order chi connectivity index (χ0) is 5.91. The van der Waals surface area contributed by atoms with Crippen molar-refractivity contribution in [3.8, 4) is 11.4 Å². The van der Waals surface area contributed by atoms with Gasteiger partial charge < -0.3 is 0 Å². The van der Waals surface area contributed by atoms with E-state index in [1.165, 1.54) is 5.25 Å². The van der Waals surface area contributed by atoms with Crippen molar-refractivity contribution in [1.29, 1.82) is 0 Å². The van der Waals surface area contributed by atoms with Gasteiger partial charge in [-0.15, -0.1) is 0 Å². The molecule has 0 spiro atoms. The Hall–Kier alpha value is -0.690. The highest BCUT2D eigenvalue weighted by atomic mass is 32.2. The van der Waals surface area contributed by atoms with Crippen LogP contribution in [0, 0.1) is 11.4 Å². The lowest BCUT2D eigenvalue weighted by atomic mass is 11.3. The Bertz CT molecular complexity index is 190. The molecule has 7 heavy (non-hydrogen) atoms. The summed E-state index contributed by atoms with van der Waals surface area (Å²) >= 11 is 0. The van der Waals surface area contributed by atoms with E-state index in [-0.39, 0.29) is 0 Å². The zero-order valence-electron chi connectivity index (χ0n) is 3.63. The van der Waals surface area contributed by atoms with Gasteiger partial charge in [0.2, 0.25) is 9.84 Å². The molecule has 3 nitrogen and oxygen atoms in total. The van der Waals surface area contributed by atoms with Crippen LogP contribution in [0.15, 0.2) is 0 Å². The van der Waals surface area contributed by atoms with Crippen molar-refractivity contribution in [2.45, 2.75) is 0 Å². The van der Waals surface area contributed by atoms with E-state index in [4.69, 9.17) is 0 Å². The summed E-state index contributed by atoms with van der Waals surface area (Å²) in [5.74, 6) is 0. The van der Waals surface area contributed by atoms with E-state index in [0.29, 0.717) is 0 Å². The van der Waals surface area contributed by atoms with Gasteiger partial charge in [0, 0.05) is 0 Å². The molecule has 39 valence electrons. The molecular formula is C3H3O3S. The third kappa shape index (κ3) is 5.31. The number of hydrogen-bond acceptors (Lipinski definition) is 2. The summed E-state index contributed by atoms with van der Waals surface area (Å²) in [5, 5.41) is 10.7. The smallest absolute Gasteiger partial charge is 0.217 e. The summed E-state index contributed by atoms with van der Waals surface area (Å²) in [7, 11) is -3.35. The standard InChI is InChI=1S/C3H3O3S/c1-7(5,6)3-2-4/h1H3.